The molecule has 0 spiro atoms. The molecule has 0 fully saturated rings. The number of aromatic nitrogens is 2. The summed E-state index contributed by atoms with van der Waals surface area (Å²) in [4.78, 5) is 8.51. The van der Waals surface area contributed by atoms with Crippen molar-refractivity contribution in [1.82, 2.24) is 9.97 Å². The Hall–Kier alpha value is -0.960. The van der Waals surface area contributed by atoms with E-state index in [4.69, 9.17) is 0 Å². The summed E-state index contributed by atoms with van der Waals surface area (Å²) in [5, 5.41) is 0. The molecule has 0 atom stereocenters. The molecule has 2 aromatic rings. The summed E-state index contributed by atoms with van der Waals surface area (Å²) >= 11 is 1.65. The number of hydrogen-bond donors (Lipinski definition) is 0. The Labute approximate surface area is 103 Å². The van der Waals surface area contributed by atoms with Crippen molar-refractivity contribution < 1.29 is 0 Å². The first kappa shape index (κ1) is 15.0. The maximum Gasteiger partial charge on any atom is 0.0874 e. The predicted octanol–water partition coefficient (Wildman–Crippen LogP) is 4.75. The lowest BCUT2D eigenvalue weighted by Gasteiger charge is -1.95. The molecular weight excluding hydrogens is 216 g/mol. The number of rotatable bonds is 0. The van der Waals surface area contributed by atoms with Gasteiger partial charge in [0, 0.05) is 6.20 Å². The van der Waals surface area contributed by atoms with Crippen LogP contribution in [0.25, 0.3) is 10.2 Å². The SMILES string of the molecule is CC.CCC.Cc1cnc(C)c2scnc12. The highest BCUT2D eigenvalue weighted by atomic mass is 32.1. The highest BCUT2D eigenvalue weighted by molar-refractivity contribution is 7.16. The molecule has 0 bridgehead atoms. The molecule has 16 heavy (non-hydrogen) atoms. The van der Waals surface area contributed by atoms with E-state index >= 15 is 0 Å². The third kappa shape index (κ3) is 3.89. The molecule has 0 saturated carbocycles. The van der Waals surface area contributed by atoms with Crippen molar-refractivity contribution >= 4 is 21.6 Å². The Bertz CT molecular complexity index is 371. The van der Waals surface area contributed by atoms with Gasteiger partial charge in [-0.1, -0.05) is 34.1 Å². The van der Waals surface area contributed by atoms with Gasteiger partial charge in [-0.3, -0.25) is 4.98 Å². The van der Waals surface area contributed by atoms with Gasteiger partial charge in [0.1, 0.15) is 0 Å². The zero-order valence-electron chi connectivity index (χ0n) is 11.2. The summed E-state index contributed by atoms with van der Waals surface area (Å²) in [7, 11) is 0. The lowest BCUT2D eigenvalue weighted by Crippen LogP contribution is -1.83. The number of thiazole rings is 1. The fourth-order valence-electron chi connectivity index (χ4n) is 1.10. The fraction of sp³-hybridized carbons (Fsp3) is 0.538. The summed E-state index contributed by atoms with van der Waals surface area (Å²) in [6, 6.07) is 0. The van der Waals surface area contributed by atoms with Gasteiger partial charge in [0.25, 0.3) is 0 Å². The highest BCUT2D eigenvalue weighted by Crippen LogP contribution is 2.22. The van der Waals surface area contributed by atoms with E-state index in [9.17, 15) is 0 Å². The summed E-state index contributed by atoms with van der Waals surface area (Å²) < 4.78 is 1.21. The Morgan fingerprint density at radius 1 is 1.12 bits per heavy atom. The molecule has 0 aromatic carbocycles. The minimum absolute atomic E-state index is 1.08. The number of nitrogens with zero attached hydrogens (tertiary/aromatic N) is 2. The van der Waals surface area contributed by atoms with Crippen molar-refractivity contribution in [3.63, 3.8) is 0 Å². The first-order chi connectivity index (χ1) is 7.70. The lowest BCUT2D eigenvalue weighted by molar-refractivity contribution is 1.09. The number of hydrogen-bond acceptors (Lipinski definition) is 3. The third-order valence-corrected chi connectivity index (χ3v) is 2.66. The van der Waals surface area contributed by atoms with Crippen LogP contribution >= 0.6 is 11.3 Å². The van der Waals surface area contributed by atoms with Crippen LogP contribution in [-0.4, -0.2) is 9.97 Å². The maximum atomic E-state index is 4.26. The van der Waals surface area contributed by atoms with Crippen LogP contribution in [0.4, 0.5) is 0 Å². The van der Waals surface area contributed by atoms with Crippen molar-refractivity contribution in [2.24, 2.45) is 0 Å². The van der Waals surface area contributed by atoms with Crippen LogP contribution < -0.4 is 0 Å². The Morgan fingerprint density at radius 2 is 1.69 bits per heavy atom. The fourth-order valence-corrected chi connectivity index (χ4v) is 1.91. The van der Waals surface area contributed by atoms with Gasteiger partial charge in [0.15, 0.2) is 0 Å². The van der Waals surface area contributed by atoms with E-state index < -0.39 is 0 Å². The van der Waals surface area contributed by atoms with Crippen molar-refractivity contribution in [1.29, 1.82) is 0 Å². The maximum absolute atomic E-state index is 4.26. The van der Waals surface area contributed by atoms with Gasteiger partial charge >= 0.3 is 0 Å². The van der Waals surface area contributed by atoms with E-state index in [1.807, 2.05) is 39.4 Å². The second-order valence-corrected chi connectivity index (χ2v) is 4.12. The van der Waals surface area contributed by atoms with Gasteiger partial charge in [-0.15, -0.1) is 11.3 Å². The third-order valence-electron chi connectivity index (χ3n) is 1.72. The van der Waals surface area contributed by atoms with Crippen molar-refractivity contribution in [2.45, 2.75) is 48.0 Å². The van der Waals surface area contributed by atoms with E-state index in [-0.39, 0.29) is 0 Å². The molecule has 0 radical (unpaired) electrons. The average Bonchev–Trinajstić information content (AvgIpc) is 2.78. The Kier molecular flexibility index (Phi) is 7.73. The molecule has 0 aliphatic heterocycles. The second kappa shape index (κ2) is 8.22. The van der Waals surface area contributed by atoms with Crippen LogP contribution in [0, 0.1) is 13.8 Å². The summed E-state index contributed by atoms with van der Waals surface area (Å²) in [5.74, 6) is 0. The standard InChI is InChI=1S/C8H8N2S.C3H8.C2H6/c1-5-3-9-6(2)8-7(5)10-4-11-8;1-3-2;1-2/h3-4H,1-2H3;3H2,1-2H3;1-2H3. The van der Waals surface area contributed by atoms with Crippen LogP contribution in [0.2, 0.25) is 0 Å². The van der Waals surface area contributed by atoms with Gasteiger partial charge < -0.3 is 0 Å². The molecule has 0 amide bonds. The zero-order valence-corrected chi connectivity index (χ0v) is 12.0. The number of fused-ring (bicyclic) bond motifs is 1. The summed E-state index contributed by atoms with van der Waals surface area (Å²) in [5.41, 5.74) is 5.20. The number of pyridine rings is 1. The minimum Gasteiger partial charge on any atom is -0.260 e. The van der Waals surface area contributed by atoms with Gasteiger partial charge in [-0.05, 0) is 19.4 Å². The van der Waals surface area contributed by atoms with E-state index in [0.717, 1.165) is 16.8 Å². The summed E-state index contributed by atoms with van der Waals surface area (Å²) in [6.07, 6.45) is 3.12. The van der Waals surface area contributed by atoms with Crippen molar-refractivity contribution in [2.75, 3.05) is 0 Å². The van der Waals surface area contributed by atoms with Crippen LogP contribution in [0.15, 0.2) is 11.7 Å². The molecule has 0 aliphatic carbocycles. The van der Waals surface area contributed by atoms with Gasteiger partial charge in [0.2, 0.25) is 0 Å². The molecule has 2 heterocycles. The second-order valence-electron chi connectivity index (χ2n) is 3.26. The first-order valence-corrected chi connectivity index (χ1v) is 6.74. The molecule has 0 N–H and O–H groups in total. The van der Waals surface area contributed by atoms with E-state index in [0.29, 0.717) is 0 Å². The minimum atomic E-state index is 1.08. The molecule has 0 saturated heterocycles. The van der Waals surface area contributed by atoms with E-state index in [1.54, 1.807) is 11.3 Å². The smallest absolute Gasteiger partial charge is 0.0874 e. The topological polar surface area (TPSA) is 25.8 Å². The molecule has 0 unspecified atom stereocenters. The molecule has 2 nitrogen and oxygen atoms in total. The Morgan fingerprint density at radius 3 is 2.19 bits per heavy atom. The molecule has 2 aromatic heterocycles. The molecular formula is C13H22N2S. The largest absolute Gasteiger partial charge is 0.260 e. The van der Waals surface area contributed by atoms with Crippen LogP contribution in [-0.2, 0) is 0 Å². The Balaban J connectivity index is 0.000000394. The van der Waals surface area contributed by atoms with Crippen molar-refractivity contribution in [3.8, 4) is 0 Å². The molecule has 0 aliphatic rings. The van der Waals surface area contributed by atoms with Crippen LogP contribution in [0.1, 0.15) is 45.4 Å². The molecule has 90 valence electrons. The normalized spacial score (nSPS) is 8.88. The summed E-state index contributed by atoms with van der Waals surface area (Å²) in [6.45, 7) is 12.3. The van der Waals surface area contributed by atoms with E-state index in [1.165, 1.54) is 11.1 Å². The number of aryl methyl sites for hydroxylation is 2. The van der Waals surface area contributed by atoms with Crippen LogP contribution in [0.5, 0.6) is 0 Å². The van der Waals surface area contributed by atoms with E-state index in [2.05, 4.69) is 23.8 Å². The van der Waals surface area contributed by atoms with Gasteiger partial charge in [-0.25, -0.2) is 4.98 Å². The predicted molar refractivity (Wildman–Crippen MR) is 74.2 cm³/mol. The van der Waals surface area contributed by atoms with Crippen molar-refractivity contribution in [3.05, 3.63) is 23.0 Å². The molecule has 2 rings (SSSR count). The zero-order chi connectivity index (χ0) is 12.6. The van der Waals surface area contributed by atoms with Crippen LogP contribution in [0.3, 0.4) is 0 Å². The average molecular weight is 238 g/mol. The first-order valence-electron chi connectivity index (χ1n) is 5.86. The monoisotopic (exact) mass is 238 g/mol. The lowest BCUT2D eigenvalue weighted by atomic mass is 10.2. The quantitative estimate of drug-likeness (QED) is 0.662. The highest BCUT2D eigenvalue weighted by Gasteiger charge is 2.02. The van der Waals surface area contributed by atoms with Gasteiger partial charge in [-0.2, -0.15) is 0 Å². The van der Waals surface area contributed by atoms with Gasteiger partial charge in [0.05, 0.1) is 21.4 Å². The molecule has 3 heteroatoms.